The molecule has 1 unspecified atom stereocenters. The van der Waals surface area contributed by atoms with Crippen LogP contribution in [0.15, 0.2) is 39.5 Å². The molecule has 2 rings (SSSR count). The predicted octanol–water partition coefficient (Wildman–Crippen LogP) is 2.30. The van der Waals surface area contributed by atoms with Crippen molar-refractivity contribution >= 4 is 15.9 Å². The standard InChI is InChI=1S/C11H12BrN3O/c1-7-8(3-2-5-14-7)10(15-13)11-9(12)4-6-16-11/h2-6,10,15H,13H2,1H3. The number of aryl methyl sites for hydroxylation is 1. The minimum atomic E-state index is -0.196. The minimum absolute atomic E-state index is 0.196. The van der Waals surface area contributed by atoms with Crippen LogP contribution < -0.4 is 11.3 Å². The summed E-state index contributed by atoms with van der Waals surface area (Å²) in [5.41, 5.74) is 4.66. The Balaban J connectivity index is 2.45. The third kappa shape index (κ3) is 2.02. The second-order valence-electron chi connectivity index (χ2n) is 3.41. The molecule has 16 heavy (non-hydrogen) atoms. The normalized spacial score (nSPS) is 12.7. The Hall–Kier alpha value is -1.17. The van der Waals surface area contributed by atoms with E-state index in [4.69, 9.17) is 10.3 Å². The number of pyridine rings is 1. The number of nitrogens with two attached hydrogens (primary N) is 1. The van der Waals surface area contributed by atoms with Crippen LogP contribution in [-0.2, 0) is 0 Å². The lowest BCUT2D eigenvalue weighted by Crippen LogP contribution is -2.29. The molecule has 0 radical (unpaired) electrons. The number of hydrogen-bond donors (Lipinski definition) is 2. The van der Waals surface area contributed by atoms with Crippen molar-refractivity contribution in [3.05, 3.63) is 52.1 Å². The molecule has 2 heterocycles. The molecule has 5 heteroatoms. The van der Waals surface area contributed by atoms with Gasteiger partial charge in [0.05, 0.1) is 10.7 Å². The average molecular weight is 282 g/mol. The van der Waals surface area contributed by atoms with E-state index in [1.54, 1.807) is 12.5 Å². The molecule has 0 fully saturated rings. The van der Waals surface area contributed by atoms with E-state index < -0.39 is 0 Å². The first-order valence-corrected chi connectivity index (χ1v) is 5.64. The molecule has 2 aromatic rings. The quantitative estimate of drug-likeness (QED) is 0.669. The summed E-state index contributed by atoms with van der Waals surface area (Å²) in [5, 5.41) is 0. The van der Waals surface area contributed by atoms with Gasteiger partial charge in [-0.3, -0.25) is 10.8 Å². The molecule has 3 N–H and O–H groups in total. The van der Waals surface area contributed by atoms with Crippen molar-refractivity contribution in [3.8, 4) is 0 Å². The average Bonchev–Trinajstić information content (AvgIpc) is 2.69. The molecule has 0 spiro atoms. The Morgan fingerprint density at radius 3 is 2.88 bits per heavy atom. The van der Waals surface area contributed by atoms with E-state index in [-0.39, 0.29) is 6.04 Å². The lowest BCUT2D eigenvalue weighted by atomic mass is 10.0. The van der Waals surface area contributed by atoms with Gasteiger partial charge in [-0.2, -0.15) is 0 Å². The van der Waals surface area contributed by atoms with Gasteiger partial charge in [0.2, 0.25) is 0 Å². The molecule has 0 aliphatic carbocycles. The molecule has 0 aliphatic rings. The maximum absolute atomic E-state index is 5.58. The summed E-state index contributed by atoms with van der Waals surface area (Å²) in [6.07, 6.45) is 3.37. The zero-order valence-corrected chi connectivity index (χ0v) is 10.4. The number of nitrogens with one attached hydrogen (secondary N) is 1. The molecule has 0 aromatic carbocycles. The number of rotatable bonds is 3. The van der Waals surface area contributed by atoms with Crippen LogP contribution in [0.3, 0.4) is 0 Å². The van der Waals surface area contributed by atoms with E-state index in [0.717, 1.165) is 21.5 Å². The molecule has 0 saturated heterocycles. The summed E-state index contributed by atoms with van der Waals surface area (Å²) in [6.45, 7) is 1.94. The minimum Gasteiger partial charge on any atom is -0.466 e. The number of hydrogen-bond acceptors (Lipinski definition) is 4. The van der Waals surface area contributed by atoms with Gasteiger partial charge in [0, 0.05) is 11.9 Å². The summed E-state index contributed by atoms with van der Waals surface area (Å²) < 4.78 is 6.30. The van der Waals surface area contributed by atoms with Crippen LogP contribution in [0, 0.1) is 6.92 Å². The highest BCUT2D eigenvalue weighted by Gasteiger charge is 2.20. The van der Waals surface area contributed by atoms with Crippen molar-refractivity contribution in [1.82, 2.24) is 10.4 Å². The van der Waals surface area contributed by atoms with Crippen LogP contribution in [0.5, 0.6) is 0 Å². The van der Waals surface area contributed by atoms with Gasteiger partial charge in [-0.25, -0.2) is 5.43 Å². The fraction of sp³-hybridized carbons (Fsp3) is 0.182. The highest BCUT2D eigenvalue weighted by atomic mass is 79.9. The molecule has 0 bridgehead atoms. The summed E-state index contributed by atoms with van der Waals surface area (Å²) in [5.74, 6) is 6.32. The van der Waals surface area contributed by atoms with Crippen LogP contribution in [0.2, 0.25) is 0 Å². The monoisotopic (exact) mass is 281 g/mol. The first-order valence-electron chi connectivity index (χ1n) is 4.84. The second-order valence-corrected chi connectivity index (χ2v) is 4.26. The molecule has 0 aliphatic heterocycles. The van der Waals surface area contributed by atoms with E-state index in [9.17, 15) is 0 Å². The van der Waals surface area contributed by atoms with Crippen LogP contribution in [0.4, 0.5) is 0 Å². The number of furan rings is 1. The molecular weight excluding hydrogens is 270 g/mol. The number of aromatic nitrogens is 1. The fourth-order valence-electron chi connectivity index (χ4n) is 1.62. The van der Waals surface area contributed by atoms with Crippen LogP contribution in [0.1, 0.15) is 23.1 Å². The topological polar surface area (TPSA) is 64.1 Å². The zero-order chi connectivity index (χ0) is 11.5. The molecule has 0 saturated carbocycles. The Labute approximate surface area is 102 Å². The lowest BCUT2D eigenvalue weighted by molar-refractivity contribution is 0.448. The Kier molecular flexibility index (Phi) is 3.38. The van der Waals surface area contributed by atoms with E-state index in [2.05, 4.69) is 26.3 Å². The largest absolute Gasteiger partial charge is 0.466 e. The summed E-state index contributed by atoms with van der Waals surface area (Å²) in [4.78, 5) is 4.23. The molecule has 1 atom stereocenters. The summed E-state index contributed by atoms with van der Waals surface area (Å²) in [7, 11) is 0. The van der Waals surface area contributed by atoms with E-state index >= 15 is 0 Å². The second kappa shape index (κ2) is 4.78. The van der Waals surface area contributed by atoms with Crippen molar-refractivity contribution in [2.24, 2.45) is 5.84 Å². The van der Waals surface area contributed by atoms with Gasteiger partial charge in [0.25, 0.3) is 0 Å². The van der Waals surface area contributed by atoms with E-state index in [1.165, 1.54) is 0 Å². The molecule has 0 amide bonds. The molecule has 4 nitrogen and oxygen atoms in total. The van der Waals surface area contributed by atoms with Crippen molar-refractivity contribution in [2.75, 3.05) is 0 Å². The van der Waals surface area contributed by atoms with Gasteiger partial charge >= 0.3 is 0 Å². The van der Waals surface area contributed by atoms with Gasteiger partial charge in [0.1, 0.15) is 11.8 Å². The Morgan fingerprint density at radius 2 is 2.31 bits per heavy atom. The highest BCUT2D eigenvalue weighted by molar-refractivity contribution is 9.10. The van der Waals surface area contributed by atoms with Gasteiger partial charge < -0.3 is 4.42 Å². The van der Waals surface area contributed by atoms with Gasteiger partial charge in [-0.1, -0.05) is 6.07 Å². The Bertz CT molecular complexity index is 484. The third-order valence-electron chi connectivity index (χ3n) is 2.43. The smallest absolute Gasteiger partial charge is 0.140 e. The van der Waals surface area contributed by atoms with Crippen LogP contribution >= 0.6 is 15.9 Å². The van der Waals surface area contributed by atoms with Gasteiger partial charge in [0.15, 0.2) is 0 Å². The van der Waals surface area contributed by atoms with E-state index in [1.807, 2.05) is 25.1 Å². The van der Waals surface area contributed by atoms with Gasteiger partial charge in [-0.15, -0.1) is 0 Å². The third-order valence-corrected chi connectivity index (χ3v) is 3.09. The maximum atomic E-state index is 5.58. The maximum Gasteiger partial charge on any atom is 0.140 e. The van der Waals surface area contributed by atoms with Crippen molar-refractivity contribution < 1.29 is 4.42 Å². The first kappa shape index (κ1) is 11.3. The predicted molar refractivity (Wildman–Crippen MR) is 64.5 cm³/mol. The van der Waals surface area contributed by atoms with E-state index in [0.29, 0.717) is 0 Å². The molecule has 2 aromatic heterocycles. The van der Waals surface area contributed by atoms with Crippen molar-refractivity contribution in [1.29, 1.82) is 0 Å². The number of nitrogens with zero attached hydrogens (tertiary/aromatic N) is 1. The van der Waals surface area contributed by atoms with Crippen LogP contribution in [-0.4, -0.2) is 4.98 Å². The summed E-state index contributed by atoms with van der Waals surface area (Å²) in [6, 6.07) is 5.49. The molecular formula is C11H12BrN3O. The fourth-order valence-corrected chi connectivity index (χ4v) is 2.05. The summed E-state index contributed by atoms with van der Waals surface area (Å²) >= 11 is 3.42. The molecule has 84 valence electrons. The van der Waals surface area contributed by atoms with Crippen LogP contribution in [0.25, 0.3) is 0 Å². The first-order chi connectivity index (χ1) is 7.74. The van der Waals surface area contributed by atoms with Crippen molar-refractivity contribution in [2.45, 2.75) is 13.0 Å². The number of halogens is 1. The SMILES string of the molecule is Cc1ncccc1C(NN)c1occc1Br. The van der Waals surface area contributed by atoms with Crippen molar-refractivity contribution in [3.63, 3.8) is 0 Å². The number of hydrazine groups is 1. The lowest BCUT2D eigenvalue weighted by Gasteiger charge is -2.16. The highest BCUT2D eigenvalue weighted by Crippen LogP contribution is 2.29. The Morgan fingerprint density at radius 1 is 1.50 bits per heavy atom. The zero-order valence-electron chi connectivity index (χ0n) is 8.77. The van der Waals surface area contributed by atoms with Gasteiger partial charge in [-0.05, 0) is 40.5 Å².